The third-order valence-corrected chi connectivity index (χ3v) is 6.08. The van der Waals surface area contributed by atoms with Crippen LogP contribution >= 0.6 is 27.7 Å². The Morgan fingerprint density at radius 1 is 1.18 bits per heavy atom. The number of rotatable bonds is 7. The molecule has 0 N–H and O–H groups in total. The summed E-state index contributed by atoms with van der Waals surface area (Å²) in [4.78, 5) is 14.5. The van der Waals surface area contributed by atoms with Gasteiger partial charge in [0.05, 0.1) is 18.0 Å². The predicted molar refractivity (Wildman–Crippen MR) is 117 cm³/mol. The van der Waals surface area contributed by atoms with E-state index in [1.165, 1.54) is 23.9 Å². The highest BCUT2D eigenvalue weighted by Crippen LogP contribution is 2.32. The predicted octanol–water partition coefficient (Wildman–Crippen LogP) is 5.61. The van der Waals surface area contributed by atoms with Crippen LogP contribution in [0.4, 0.5) is 4.39 Å². The van der Waals surface area contributed by atoms with Crippen molar-refractivity contribution in [2.45, 2.75) is 38.0 Å². The number of halogens is 2. The lowest BCUT2D eigenvalue weighted by molar-refractivity contribution is -0.126. The molecule has 0 aromatic heterocycles. The molecule has 4 nitrogen and oxygen atoms in total. The largest absolute Gasteiger partial charge is 0.284 e. The summed E-state index contributed by atoms with van der Waals surface area (Å²) < 4.78 is 14.2. The van der Waals surface area contributed by atoms with Crippen molar-refractivity contribution >= 4 is 45.0 Å². The Labute approximate surface area is 177 Å². The fourth-order valence-corrected chi connectivity index (χ4v) is 4.18. The lowest BCUT2D eigenvalue weighted by Gasteiger charge is -2.15. The van der Waals surface area contributed by atoms with Gasteiger partial charge in [-0.25, -0.2) is 4.39 Å². The summed E-state index contributed by atoms with van der Waals surface area (Å²) in [5, 5.41) is 8.94. The summed E-state index contributed by atoms with van der Waals surface area (Å²) in [6, 6.07) is 13.9. The first-order valence-corrected chi connectivity index (χ1v) is 10.8. The molecule has 28 heavy (non-hydrogen) atoms. The molecule has 1 unspecified atom stereocenters. The summed E-state index contributed by atoms with van der Waals surface area (Å²) >= 11 is 4.86. The molecule has 3 rings (SSSR count). The van der Waals surface area contributed by atoms with E-state index in [4.69, 9.17) is 0 Å². The average Bonchev–Trinajstić information content (AvgIpc) is 2.98. The van der Waals surface area contributed by atoms with Crippen molar-refractivity contribution in [3.8, 4) is 0 Å². The highest BCUT2D eigenvalue weighted by Gasteiger charge is 2.37. The Morgan fingerprint density at radius 2 is 1.89 bits per heavy atom. The number of hydrogen-bond acceptors (Lipinski definition) is 4. The number of carbonyl (C=O) groups is 1. The first-order chi connectivity index (χ1) is 13.6. The van der Waals surface area contributed by atoms with Crippen molar-refractivity contribution in [1.29, 1.82) is 0 Å². The zero-order valence-electron chi connectivity index (χ0n) is 15.5. The van der Waals surface area contributed by atoms with Crippen LogP contribution in [0.15, 0.2) is 63.2 Å². The summed E-state index contributed by atoms with van der Waals surface area (Å²) in [5.41, 5.74) is 1.78. The van der Waals surface area contributed by atoms with Gasteiger partial charge in [0.1, 0.15) is 5.82 Å². The van der Waals surface area contributed by atoms with Crippen molar-refractivity contribution in [2.75, 3.05) is 0 Å². The van der Waals surface area contributed by atoms with E-state index >= 15 is 0 Å². The molecule has 2 aromatic carbocycles. The van der Waals surface area contributed by atoms with Crippen LogP contribution in [0, 0.1) is 5.82 Å². The molecule has 2 aromatic rings. The molecule has 1 fully saturated rings. The van der Waals surface area contributed by atoms with Gasteiger partial charge in [-0.3, -0.25) is 9.69 Å². The number of unbranched alkanes of at least 4 members (excludes halogenated alkanes) is 1. The Balaban J connectivity index is 1.78. The topological polar surface area (TPSA) is 45.0 Å². The highest BCUT2D eigenvalue weighted by atomic mass is 79.9. The molecule has 0 spiro atoms. The molecule has 1 amide bonds. The number of amides is 1. The van der Waals surface area contributed by atoms with E-state index in [2.05, 4.69) is 33.1 Å². The molecule has 1 atom stereocenters. The maximum Gasteiger partial charge on any atom is 0.242 e. The monoisotopic (exact) mass is 461 g/mol. The summed E-state index contributed by atoms with van der Waals surface area (Å²) in [6.07, 6.45) is 4.51. The van der Waals surface area contributed by atoms with E-state index in [1.54, 1.807) is 23.2 Å². The molecule has 7 heteroatoms. The summed E-state index contributed by atoms with van der Waals surface area (Å²) in [5.74, 6) is -0.250. The number of thioether (sulfide) groups is 1. The minimum absolute atomic E-state index is 0.0420. The van der Waals surface area contributed by atoms with Gasteiger partial charge in [-0.2, -0.15) is 5.10 Å². The number of nitrogens with zero attached hydrogens (tertiary/aromatic N) is 3. The Hall–Kier alpha value is -1.99. The van der Waals surface area contributed by atoms with Gasteiger partial charge in [0.15, 0.2) is 5.17 Å². The number of hydrogen-bond donors (Lipinski definition) is 0. The molecule has 1 saturated heterocycles. The van der Waals surface area contributed by atoms with Gasteiger partial charge < -0.3 is 0 Å². The summed E-state index contributed by atoms with van der Waals surface area (Å²) in [7, 11) is 0. The van der Waals surface area contributed by atoms with Crippen LogP contribution in [0.3, 0.4) is 0 Å². The smallest absolute Gasteiger partial charge is 0.242 e. The zero-order chi connectivity index (χ0) is 19.9. The van der Waals surface area contributed by atoms with Crippen molar-refractivity contribution in [1.82, 2.24) is 4.90 Å². The molecule has 1 aliphatic rings. The number of carbonyl (C=O) groups excluding carboxylic acids is 1. The van der Waals surface area contributed by atoms with Gasteiger partial charge in [0.25, 0.3) is 0 Å². The van der Waals surface area contributed by atoms with Crippen LogP contribution < -0.4 is 0 Å². The Kier molecular flexibility index (Phi) is 7.39. The van der Waals surface area contributed by atoms with Crippen LogP contribution in [-0.2, 0) is 11.3 Å². The maximum absolute atomic E-state index is 13.2. The fraction of sp³-hybridized carbons (Fsp3) is 0.286. The molecule has 146 valence electrons. The van der Waals surface area contributed by atoms with Crippen LogP contribution in [0.25, 0.3) is 0 Å². The van der Waals surface area contributed by atoms with Gasteiger partial charge >= 0.3 is 0 Å². The van der Waals surface area contributed by atoms with E-state index in [-0.39, 0.29) is 17.0 Å². The lowest BCUT2D eigenvalue weighted by atomic mass is 10.1. The van der Waals surface area contributed by atoms with Crippen molar-refractivity contribution in [3.05, 3.63) is 69.9 Å². The first kappa shape index (κ1) is 20.7. The quantitative estimate of drug-likeness (QED) is 0.397. The van der Waals surface area contributed by atoms with Crippen LogP contribution in [0.1, 0.15) is 37.3 Å². The van der Waals surface area contributed by atoms with Crippen molar-refractivity contribution in [2.24, 2.45) is 10.2 Å². The van der Waals surface area contributed by atoms with E-state index < -0.39 is 0 Å². The fourth-order valence-electron chi connectivity index (χ4n) is 2.77. The van der Waals surface area contributed by atoms with Gasteiger partial charge in [-0.1, -0.05) is 71.7 Å². The molecule has 1 heterocycles. The zero-order valence-corrected chi connectivity index (χ0v) is 17.9. The second kappa shape index (κ2) is 9.98. The standard InChI is InChI=1S/C21H21BrFN3OS/c1-2-3-4-19-20(27)26(14-16-7-11-18(23)12-8-16)21(28-19)25-24-13-15-5-9-17(22)10-6-15/h5-13,19H,2-4,14H2,1H3. The Bertz CT molecular complexity index is 868. The van der Waals surface area contributed by atoms with Crippen LogP contribution in [0.5, 0.6) is 0 Å². The third kappa shape index (κ3) is 5.52. The molecule has 0 saturated carbocycles. The first-order valence-electron chi connectivity index (χ1n) is 9.16. The second-order valence-corrected chi connectivity index (χ2v) is 8.56. The normalized spacial score (nSPS) is 18.5. The van der Waals surface area contributed by atoms with Gasteiger partial charge in [0.2, 0.25) is 5.91 Å². The maximum atomic E-state index is 13.2. The number of benzene rings is 2. The molecule has 1 aliphatic heterocycles. The molecule has 0 bridgehead atoms. The van der Waals surface area contributed by atoms with Crippen LogP contribution in [0.2, 0.25) is 0 Å². The minimum atomic E-state index is -0.292. The van der Waals surface area contributed by atoms with Gasteiger partial charge in [0, 0.05) is 4.47 Å². The molecular weight excluding hydrogens is 441 g/mol. The lowest BCUT2D eigenvalue weighted by Crippen LogP contribution is -2.31. The Morgan fingerprint density at radius 3 is 2.57 bits per heavy atom. The van der Waals surface area contributed by atoms with Crippen molar-refractivity contribution < 1.29 is 9.18 Å². The summed E-state index contributed by atoms with van der Waals surface area (Å²) in [6.45, 7) is 2.47. The number of amidine groups is 1. The third-order valence-electron chi connectivity index (χ3n) is 4.31. The van der Waals surface area contributed by atoms with Gasteiger partial charge in [-0.15, -0.1) is 5.10 Å². The van der Waals surface area contributed by atoms with Crippen LogP contribution in [-0.4, -0.2) is 27.4 Å². The molecule has 0 radical (unpaired) electrons. The van der Waals surface area contributed by atoms with E-state index in [1.807, 2.05) is 24.3 Å². The molecular formula is C21H21BrFN3OS. The van der Waals surface area contributed by atoms with E-state index in [0.29, 0.717) is 11.7 Å². The second-order valence-electron chi connectivity index (χ2n) is 6.48. The highest BCUT2D eigenvalue weighted by molar-refractivity contribution is 9.10. The van der Waals surface area contributed by atoms with Crippen molar-refractivity contribution in [3.63, 3.8) is 0 Å². The SMILES string of the molecule is CCCCC1SC(=NN=Cc2ccc(Br)cc2)N(Cc2ccc(F)cc2)C1=O. The minimum Gasteiger partial charge on any atom is -0.284 e. The average molecular weight is 462 g/mol. The van der Waals surface area contributed by atoms with Gasteiger partial charge in [-0.05, 0) is 41.8 Å². The molecule has 0 aliphatic carbocycles. The van der Waals surface area contributed by atoms with E-state index in [0.717, 1.165) is 34.9 Å². The van der Waals surface area contributed by atoms with E-state index in [9.17, 15) is 9.18 Å².